The molecule has 2 aromatic carbocycles. The molecule has 0 radical (unpaired) electrons. The number of rotatable bonds is 7. The Labute approximate surface area is 139 Å². The van der Waals surface area contributed by atoms with Crippen LogP contribution in [0.2, 0.25) is 0 Å². The van der Waals surface area contributed by atoms with Gasteiger partial charge in [-0.1, -0.05) is 54.6 Å². The van der Waals surface area contributed by atoms with Gasteiger partial charge in [0.05, 0.1) is 0 Å². The van der Waals surface area contributed by atoms with Crippen LogP contribution in [-0.4, -0.2) is 31.3 Å². The molecule has 0 aromatic heterocycles. The minimum Gasteiger partial charge on any atom is -0.309 e. The average Bonchev–Trinajstić information content (AvgIpc) is 2.52. The summed E-state index contributed by atoms with van der Waals surface area (Å²) in [6.07, 6.45) is 2.63. The average molecular weight is 318 g/mol. The summed E-state index contributed by atoms with van der Waals surface area (Å²) in [7, 11) is 3.97. The Bertz CT molecular complexity index is 564. The van der Waals surface area contributed by atoms with Gasteiger partial charge in [-0.2, -0.15) is 0 Å². The van der Waals surface area contributed by atoms with Crippen LogP contribution in [0.1, 0.15) is 27.9 Å². The number of hydrogen-bond donors (Lipinski definition) is 0. The Morgan fingerprint density at radius 3 is 1.95 bits per heavy atom. The molecule has 0 N–H and O–H groups in total. The van der Waals surface area contributed by atoms with Crippen molar-refractivity contribution in [3.8, 4) is 0 Å². The molecule has 0 bridgehead atoms. The van der Waals surface area contributed by atoms with Gasteiger partial charge in [0, 0.05) is 18.5 Å². The van der Waals surface area contributed by atoms with E-state index in [1.807, 2.05) is 37.2 Å². The van der Waals surface area contributed by atoms with Crippen LogP contribution in [0.3, 0.4) is 0 Å². The van der Waals surface area contributed by atoms with Crippen molar-refractivity contribution >= 4 is 18.2 Å². The molecule has 0 aliphatic rings. The fraction of sp³-hybridized carbons (Fsp3) is 0.316. The smallest absolute Gasteiger partial charge is 0.164 e. The van der Waals surface area contributed by atoms with E-state index < -0.39 is 0 Å². The fourth-order valence-corrected chi connectivity index (χ4v) is 2.26. The molecule has 22 heavy (non-hydrogen) atoms. The van der Waals surface area contributed by atoms with E-state index in [1.165, 1.54) is 11.1 Å². The maximum atomic E-state index is 12.0. The molecule has 0 spiro atoms. The summed E-state index contributed by atoms with van der Waals surface area (Å²) in [4.78, 5) is 14.0. The van der Waals surface area contributed by atoms with Crippen molar-refractivity contribution in [2.24, 2.45) is 0 Å². The van der Waals surface area contributed by atoms with Crippen LogP contribution in [0.5, 0.6) is 0 Å². The number of Topliss-reactive ketones (excluding diaryl/α,β-unsaturated/α-hetero) is 1. The van der Waals surface area contributed by atoms with Crippen LogP contribution >= 0.6 is 12.4 Å². The molecule has 0 atom stereocenters. The van der Waals surface area contributed by atoms with Gasteiger partial charge in [0.25, 0.3) is 0 Å². The molecule has 3 heteroatoms. The highest BCUT2D eigenvalue weighted by atomic mass is 35.5. The number of halogens is 1. The molecule has 0 saturated heterocycles. The van der Waals surface area contributed by atoms with Crippen molar-refractivity contribution in [1.29, 1.82) is 0 Å². The fourth-order valence-electron chi connectivity index (χ4n) is 2.26. The van der Waals surface area contributed by atoms with Crippen LogP contribution in [0.4, 0.5) is 0 Å². The van der Waals surface area contributed by atoms with Gasteiger partial charge in [0.15, 0.2) is 5.78 Å². The zero-order valence-corrected chi connectivity index (χ0v) is 14.1. The maximum Gasteiger partial charge on any atom is 0.164 e. The summed E-state index contributed by atoms with van der Waals surface area (Å²) < 4.78 is 0. The minimum absolute atomic E-state index is 0. The molecule has 0 saturated carbocycles. The van der Waals surface area contributed by atoms with Gasteiger partial charge in [0.2, 0.25) is 0 Å². The lowest BCUT2D eigenvalue weighted by Crippen LogP contribution is -2.16. The minimum atomic E-state index is 0. The van der Waals surface area contributed by atoms with Crippen LogP contribution < -0.4 is 0 Å². The summed E-state index contributed by atoms with van der Waals surface area (Å²) >= 11 is 0. The lowest BCUT2D eigenvalue weighted by molar-refractivity contribution is 0.0972. The van der Waals surface area contributed by atoms with Crippen molar-refractivity contribution < 1.29 is 4.79 Å². The standard InChI is InChI=1S/C19H23NO.ClH/c1-20(2)15-14-19(21)18-12-10-17(11-13-18)9-8-16-6-4-3-5-7-16;/h3-7,10-13H,8-9,14-15H2,1-2H3;1H. The van der Waals surface area contributed by atoms with E-state index in [-0.39, 0.29) is 18.2 Å². The molecule has 2 rings (SSSR count). The molecular weight excluding hydrogens is 294 g/mol. The molecule has 118 valence electrons. The van der Waals surface area contributed by atoms with Crippen molar-refractivity contribution in [2.45, 2.75) is 19.3 Å². The van der Waals surface area contributed by atoms with Crippen molar-refractivity contribution in [1.82, 2.24) is 4.90 Å². The Morgan fingerprint density at radius 2 is 1.41 bits per heavy atom. The molecule has 0 aliphatic heterocycles. The van der Waals surface area contributed by atoms with E-state index in [0.717, 1.165) is 24.9 Å². The van der Waals surface area contributed by atoms with E-state index >= 15 is 0 Å². The number of ketones is 1. The molecular formula is C19H24ClNO. The Balaban J connectivity index is 0.00000242. The first-order chi connectivity index (χ1) is 10.1. The first-order valence-corrected chi connectivity index (χ1v) is 7.46. The molecule has 2 aromatic rings. The van der Waals surface area contributed by atoms with Gasteiger partial charge < -0.3 is 4.90 Å². The van der Waals surface area contributed by atoms with Gasteiger partial charge in [-0.15, -0.1) is 12.4 Å². The summed E-state index contributed by atoms with van der Waals surface area (Å²) in [6, 6.07) is 18.5. The van der Waals surface area contributed by atoms with Gasteiger partial charge in [-0.3, -0.25) is 4.79 Å². The summed E-state index contributed by atoms with van der Waals surface area (Å²) in [5.74, 6) is 0.221. The van der Waals surface area contributed by atoms with E-state index in [2.05, 4.69) is 36.4 Å². The van der Waals surface area contributed by atoms with Crippen LogP contribution in [0.25, 0.3) is 0 Å². The van der Waals surface area contributed by atoms with Crippen LogP contribution in [0, 0.1) is 0 Å². The largest absolute Gasteiger partial charge is 0.309 e. The van der Waals surface area contributed by atoms with Gasteiger partial charge in [0.1, 0.15) is 0 Å². The SMILES string of the molecule is CN(C)CCC(=O)c1ccc(CCc2ccccc2)cc1.Cl. The third-order valence-corrected chi connectivity index (χ3v) is 3.61. The van der Waals surface area contributed by atoms with E-state index in [1.54, 1.807) is 0 Å². The highest BCUT2D eigenvalue weighted by molar-refractivity contribution is 5.96. The Kier molecular flexibility index (Phi) is 7.86. The summed E-state index contributed by atoms with van der Waals surface area (Å²) in [5, 5.41) is 0. The van der Waals surface area contributed by atoms with E-state index in [0.29, 0.717) is 6.42 Å². The highest BCUT2D eigenvalue weighted by Gasteiger charge is 2.06. The van der Waals surface area contributed by atoms with Crippen molar-refractivity contribution in [2.75, 3.05) is 20.6 Å². The van der Waals surface area contributed by atoms with E-state index in [9.17, 15) is 4.79 Å². The number of hydrogen-bond acceptors (Lipinski definition) is 2. The zero-order chi connectivity index (χ0) is 15.1. The lowest BCUT2D eigenvalue weighted by Gasteiger charge is -2.08. The van der Waals surface area contributed by atoms with Crippen LogP contribution in [0.15, 0.2) is 54.6 Å². The summed E-state index contributed by atoms with van der Waals surface area (Å²) in [5.41, 5.74) is 3.45. The Morgan fingerprint density at radius 1 is 0.864 bits per heavy atom. The first kappa shape index (κ1) is 18.4. The van der Waals surface area contributed by atoms with Crippen LogP contribution in [-0.2, 0) is 12.8 Å². The number of nitrogens with zero attached hydrogens (tertiary/aromatic N) is 1. The molecule has 2 nitrogen and oxygen atoms in total. The van der Waals surface area contributed by atoms with Crippen molar-refractivity contribution in [3.05, 3.63) is 71.3 Å². The third-order valence-electron chi connectivity index (χ3n) is 3.61. The number of carbonyl (C=O) groups excluding carboxylic acids is 1. The van der Waals surface area contributed by atoms with Gasteiger partial charge >= 0.3 is 0 Å². The number of aryl methyl sites for hydroxylation is 2. The predicted molar refractivity (Wildman–Crippen MR) is 95.0 cm³/mol. The number of carbonyl (C=O) groups is 1. The third kappa shape index (κ3) is 6.00. The molecule has 0 fully saturated rings. The second-order valence-corrected chi connectivity index (χ2v) is 5.66. The number of benzene rings is 2. The normalized spacial score (nSPS) is 10.3. The van der Waals surface area contributed by atoms with E-state index in [4.69, 9.17) is 0 Å². The monoisotopic (exact) mass is 317 g/mol. The molecule has 0 unspecified atom stereocenters. The van der Waals surface area contributed by atoms with Gasteiger partial charge in [-0.25, -0.2) is 0 Å². The summed E-state index contributed by atoms with van der Waals surface area (Å²) in [6.45, 7) is 0.800. The van der Waals surface area contributed by atoms with Gasteiger partial charge in [-0.05, 0) is 38.1 Å². The lowest BCUT2D eigenvalue weighted by atomic mass is 10.0. The maximum absolute atomic E-state index is 12.0. The second-order valence-electron chi connectivity index (χ2n) is 5.66. The highest BCUT2D eigenvalue weighted by Crippen LogP contribution is 2.10. The molecule has 0 heterocycles. The zero-order valence-electron chi connectivity index (χ0n) is 13.3. The Hall–Kier alpha value is -1.64. The first-order valence-electron chi connectivity index (χ1n) is 7.46. The predicted octanol–water partition coefficient (Wildman–Crippen LogP) is 4.03. The quantitative estimate of drug-likeness (QED) is 0.719. The molecule has 0 aliphatic carbocycles. The molecule has 0 amide bonds. The van der Waals surface area contributed by atoms with Crippen molar-refractivity contribution in [3.63, 3.8) is 0 Å². The second kappa shape index (κ2) is 9.39. The topological polar surface area (TPSA) is 20.3 Å².